The van der Waals surface area contributed by atoms with E-state index in [2.05, 4.69) is 0 Å². The fourth-order valence-corrected chi connectivity index (χ4v) is 4.45. The minimum absolute atomic E-state index is 0.0204. The highest BCUT2D eigenvalue weighted by atomic mass is 35.5. The van der Waals surface area contributed by atoms with Gasteiger partial charge in [0.05, 0.1) is 16.6 Å². The summed E-state index contributed by atoms with van der Waals surface area (Å²) in [4.78, 5) is 12.3. The molecule has 11 heteroatoms. The van der Waals surface area contributed by atoms with Crippen molar-refractivity contribution in [1.29, 1.82) is 0 Å². The number of rotatable bonds is 4. The van der Waals surface area contributed by atoms with Crippen LogP contribution in [0.3, 0.4) is 0 Å². The SMILES string of the molecule is CC(C(N)=O)N1CCN(S(=O)(=O)c2cc(C(F)(F)F)ccc2Cl)CC1. The van der Waals surface area contributed by atoms with Gasteiger partial charge in [0.1, 0.15) is 4.90 Å². The zero-order valence-corrected chi connectivity index (χ0v) is 14.8. The quantitative estimate of drug-likeness (QED) is 0.832. The Hall–Kier alpha value is -1.36. The monoisotopic (exact) mass is 399 g/mol. The molecule has 25 heavy (non-hydrogen) atoms. The van der Waals surface area contributed by atoms with E-state index in [-0.39, 0.29) is 31.2 Å². The molecule has 1 aromatic carbocycles. The number of primary amides is 1. The minimum atomic E-state index is -4.68. The first-order valence-electron chi connectivity index (χ1n) is 7.35. The van der Waals surface area contributed by atoms with E-state index in [4.69, 9.17) is 17.3 Å². The molecule has 0 radical (unpaired) electrons. The van der Waals surface area contributed by atoms with Crippen LogP contribution in [0.4, 0.5) is 13.2 Å². The van der Waals surface area contributed by atoms with Crippen LogP contribution >= 0.6 is 11.6 Å². The maximum Gasteiger partial charge on any atom is 0.416 e. The molecule has 0 bridgehead atoms. The van der Waals surface area contributed by atoms with Gasteiger partial charge >= 0.3 is 6.18 Å². The Morgan fingerprint density at radius 3 is 2.28 bits per heavy atom. The van der Waals surface area contributed by atoms with E-state index in [1.54, 1.807) is 11.8 Å². The van der Waals surface area contributed by atoms with Gasteiger partial charge in [-0.1, -0.05) is 11.6 Å². The van der Waals surface area contributed by atoms with E-state index < -0.39 is 38.6 Å². The third-order valence-corrected chi connectivity index (χ3v) is 6.49. The van der Waals surface area contributed by atoms with Gasteiger partial charge in [-0.15, -0.1) is 0 Å². The predicted molar refractivity (Wildman–Crippen MR) is 85.4 cm³/mol. The van der Waals surface area contributed by atoms with Crippen molar-refractivity contribution in [3.8, 4) is 0 Å². The van der Waals surface area contributed by atoms with Gasteiger partial charge in [-0.2, -0.15) is 17.5 Å². The smallest absolute Gasteiger partial charge is 0.368 e. The topological polar surface area (TPSA) is 83.7 Å². The van der Waals surface area contributed by atoms with Gasteiger partial charge in [0.2, 0.25) is 15.9 Å². The zero-order chi connectivity index (χ0) is 19.0. The number of piperazine rings is 1. The first kappa shape index (κ1) is 20.0. The van der Waals surface area contributed by atoms with Crippen molar-refractivity contribution in [3.63, 3.8) is 0 Å². The van der Waals surface area contributed by atoms with Crippen LogP contribution in [0.2, 0.25) is 5.02 Å². The van der Waals surface area contributed by atoms with Crippen molar-refractivity contribution < 1.29 is 26.4 Å². The van der Waals surface area contributed by atoms with Gasteiger partial charge in [-0.05, 0) is 25.1 Å². The molecule has 1 aliphatic rings. The van der Waals surface area contributed by atoms with Gasteiger partial charge in [0.25, 0.3) is 0 Å². The van der Waals surface area contributed by atoms with E-state index in [0.29, 0.717) is 6.07 Å². The summed E-state index contributed by atoms with van der Waals surface area (Å²) in [5.74, 6) is -0.530. The van der Waals surface area contributed by atoms with E-state index in [1.165, 1.54) is 0 Å². The summed E-state index contributed by atoms with van der Waals surface area (Å²) in [7, 11) is -4.19. The Bertz CT molecular complexity index is 762. The normalized spacial score (nSPS) is 18.9. The molecule has 1 unspecified atom stereocenters. The number of alkyl halides is 3. The zero-order valence-electron chi connectivity index (χ0n) is 13.3. The van der Waals surface area contributed by atoms with E-state index in [9.17, 15) is 26.4 Å². The Labute approximate surface area is 148 Å². The van der Waals surface area contributed by atoms with Crippen molar-refractivity contribution in [3.05, 3.63) is 28.8 Å². The molecule has 0 aromatic heterocycles. The summed E-state index contributed by atoms with van der Waals surface area (Å²) in [6.45, 7) is 2.12. The molecule has 1 atom stereocenters. The molecule has 2 N–H and O–H groups in total. The number of hydrogen-bond donors (Lipinski definition) is 1. The first-order chi connectivity index (χ1) is 11.4. The number of sulfonamides is 1. The van der Waals surface area contributed by atoms with Gasteiger partial charge in [-0.3, -0.25) is 9.69 Å². The van der Waals surface area contributed by atoms with E-state index >= 15 is 0 Å². The second-order valence-corrected chi connectivity index (χ2v) is 7.97. The molecule has 0 spiro atoms. The fraction of sp³-hybridized carbons (Fsp3) is 0.500. The molecule has 140 valence electrons. The van der Waals surface area contributed by atoms with Crippen LogP contribution in [0.25, 0.3) is 0 Å². The van der Waals surface area contributed by atoms with Crippen molar-refractivity contribution >= 4 is 27.5 Å². The van der Waals surface area contributed by atoms with Crippen molar-refractivity contribution in [1.82, 2.24) is 9.21 Å². The molecule has 1 saturated heterocycles. The fourth-order valence-electron chi connectivity index (χ4n) is 2.53. The summed E-state index contributed by atoms with van der Waals surface area (Å²) < 4.78 is 64.9. The third-order valence-electron chi connectivity index (χ3n) is 4.11. The maximum atomic E-state index is 12.8. The Balaban J connectivity index is 2.25. The lowest BCUT2D eigenvalue weighted by molar-refractivity contribution is -0.137. The number of halogens is 4. The number of hydrogen-bond acceptors (Lipinski definition) is 4. The summed E-state index contributed by atoms with van der Waals surface area (Å²) in [5, 5.41) is -0.277. The lowest BCUT2D eigenvalue weighted by atomic mass is 10.2. The molecular weight excluding hydrogens is 383 g/mol. The van der Waals surface area contributed by atoms with Gasteiger partial charge < -0.3 is 5.73 Å². The van der Waals surface area contributed by atoms with Crippen LogP contribution in [0, 0.1) is 0 Å². The van der Waals surface area contributed by atoms with Crippen LogP contribution < -0.4 is 5.73 Å². The Kier molecular flexibility index (Phi) is 5.67. The highest BCUT2D eigenvalue weighted by Crippen LogP contribution is 2.34. The Morgan fingerprint density at radius 1 is 1.24 bits per heavy atom. The van der Waals surface area contributed by atoms with E-state index in [0.717, 1.165) is 16.4 Å². The van der Waals surface area contributed by atoms with Gasteiger partial charge in [0.15, 0.2) is 0 Å². The molecule has 2 rings (SSSR count). The van der Waals surface area contributed by atoms with Crippen molar-refractivity contribution in [2.75, 3.05) is 26.2 Å². The highest BCUT2D eigenvalue weighted by molar-refractivity contribution is 7.89. The lowest BCUT2D eigenvalue weighted by Crippen LogP contribution is -2.54. The third kappa shape index (κ3) is 4.25. The number of carbonyl (C=O) groups excluding carboxylic acids is 1. The van der Waals surface area contributed by atoms with Crippen LogP contribution in [0.1, 0.15) is 12.5 Å². The number of nitrogens with zero attached hydrogens (tertiary/aromatic N) is 2. The largest absolute Gasteiger partial charge is 0.416 e. The van der Waals surface area contributed by atoms with E-state index in [1.807, 2.05) is 0 Å². The molecular formula is C14H17ClF3N3O3S. The number of amides is 1. The molecule has 1 fully saturated rings. The number of nitrogens with two attached hydrogens (primary N) is 1. The first-order valence-corrected chi connectivity index (χ1v) is 9.16. The van der Waals surface area contributed by atoms with Crippen molar-refractivity contribution in [2.24, 2.45) is 5.73 Å². The molecule has 6 nitrogen and oxygen atoms in total. The molecule has 1 amide bonds. The molecule has 0 aliphatic carbocycles. The minimum Gasteiger partial charge on any atom is -0.368 e. The lowest BCUT2D eigenvalue weighted by Gasteiger charge is -2.36. The maximum absolute atomic E-state index is 12.8. The molecule has 1 aromatic rings. The molecule has 1 heterocycles. The van der Waals surface area contributed by atoms with Gasteiger partial charge in [0, 0.05) is 26.2 Å². The van der Waals surface area contributed by atoms with Crippen molar-refractivity contribution in [2.45, 2.75) is 24.0 Å². The average Bonchev–Trinajstić information content (AvgIpc) is 2.53. The van der Waals surface area contributed by atoms with Gasteiger partial charge in [-0.25, -0.2) is 8.42 Å². The van der Waals surface area contributed by atoms with Crippen LogP contribution in [-0.4, -0.2) is 55.8 Å². The average molecular weight is 400 g/mol. The number of benzene rings is 1. The van der Waals surface area contributed by atoms with Crippen LogP contribution in [-0.2, 0) is 21.0 Å². The summed E-state index contributed by atoms with van der Waals surface area (Å²) in [5.41, 5.74) is 4.13. The molecule has 1 aliphatic heterocycles. The second kappa shape index (κ2) is 7.10. The molecule has 0 saturated carbocycles. The predicted octanol–water partition coefficient (Wildman–Crippen LogP) is 1.54. The summed E-state index contributed by atoms with van der Waals surface area (Å²) in [6, 6.07) is 1.63. The summed E-state index contributed by atoms with van der Waals surface area (Å²) >= 11 is 5.83. The highest BCUT2D eigenvalue weighted by Gasteiger charge is 2.36. The number of carbonyl (C=O) groups is 1. The summed E-state index contributed by atoms with van der Waals surface area (Å²) in [6.07, 6.45) is -4.68. The second-order valence-electron chi connectivity index (χ2n) is 5.66. The standard InChI is InChI=1S/C14H17ClF3N3O3S/c1-9(13(19)22)20-4-6-21(7-5-20)25(23,24)12-8-10(14(16,17)18)2-3-11(12)15/h2-3,8-9H,4-7H2,1H3,(H2,19,22). The van der Waals surface area contributed by atoms with Crippen LogP contribution in [0.5, 0.6) is 0 Å². The van der Waals surface area contributed by atoms with Crippen LogP contribution in [0.15, 0.2) is 23.1 Å². The Morgan fingerprint density at radius 2 is 1.80 bits per heavy atom.